The summed E-state index contributed by atoms with van der Waals surface area (Å²) in [6.45, 7) is 0.280. The highest BCUT2D eigenvalue weighted by atomic mass is 16.5. The van der Waals surface area contributed by atoms with Crippen LogP contribution >= 0.6 is 0 Å². The maximum Gasteiger partial charge on any atom is 0.261 e. The number of hydrogen-bond acceptors (Lipinski definition) is 5. The molecule has 0 aromatic carbocycles. The zero-order valence-electron chi connectivity index (χ0n) is 16.0. The number of furan rings is 1. The second-order valence-corrected chi connectivity index (χ2v) is 7.15. The molecule has 0 radical (unpaired) electrons. The number of amides is 1. The van der Waals surface area contributed by atoms with Crippen LogP contribution in [0.1, 0.15) is 48.0 Å². The minimum atomic E-state index is -0.465. The smallest absolute Gasteiger partial charge is 0.261 e. The first-order chi connectivity index (χ1) is 14.2. The van der Waals surface area contributed by atoms with E-state index < -0.39 is 11.5 Å². The summed E-state index contributed by atoms with van der Waals surface area (Å²) in [5.74, 6) is 0.671. The van der Waals surface area contributed by atoms with Crippen LogP contribution in [0.2, 0.25) is 0 Å². The highest BCUT2D eigenvalue weighted by Gasteiger charge is 2.16. The lowest BCUT2D eigenvalue weighted by atomic mass is 9.98. The molecule has 1 amide bonds. The van der Waals surface area contributed by atoms with Crippen LogP contribution in [0.15, 0.2) is 58.1 Å². The molecule has 3 aromatic rings. The Morgan fingerprint density at radius 2 is 2.07 bits per heavy atom. The number of carbonyl (C=O) groups is 1. The Labute approximate surface area is 168 Å². The van der Waals surface area contributed by atoms with Crippen molar-refractivity contribution in [3.8, 4) is 17.3 Å². The summed E-state index contributed by atoms with van der Waals surface area (Å²) in [6.07, 6.45) is 9.16. The molecule has 3 heterocycles. The summed E-state index contributed by atoms with van der Waals surface area (Å²) >= 11 is 0. The van der Waals surface area contributed by atoms with Crippen molar-refractivity contribution in [1.29, 1.82) is 0 Å². The second-order valence-electron chi connectivity index (χ2n) is 7.15. The molecule has 7 heteroatoms. The van der Waals surface area contributed by atoms with Gasteiger partial charge in [-0.25, -0.2) is 4.98 Å². The number of nitrogens with one attached hydrogen (secondary N) is 2. The fourth-order valence-corrected chi connectivity index (χ4v) is 3.48. The highest BCUT2D eigenvalue weighted by molar-refractivity contribution is 5.93. The number of carbonyl (C=O) groups excluding carboxylic acids is 1. The SMILES string of the molecule is O=C(NCc1ccnc(OC2CCCCC2)c1)c1ccc(-c2ccco2)[nH]c1=O. The van der Waals surface area contributed by atoms with Crippen LogP contribution in [0, 0.1) is 0 Å². The lowest BCUT2D eigenvalue weighted by molar-refractivity contribution is 0.0949. The number of aromatic nitrogens is 2. The van der Waals surface area contributed by atoms with Gasteiger partial charge in [0.15, 0.2) is 0 Å². The molecule has 0 unspecified atom stereocenters. The van der Waals surface area contributed by atoms with Gasteiger partial charge in [-0.2, -0.15) is 0 Å². The lowest BCUT2D eigenvalue weighted by Gasteiger charge is -2.22. The van der Waals surface area contributed by atoms with Crippen LogP contribution < -0.4 is 15.6 Å². The van der Waals surface area contributed by atoms with Gasteiger partial charge in [0.2, 0.25) is 5.88 Å². The largest absolute Gasteiger partial charge is 0.474 e. The van der Waals surface area contributed by atoms with Gasteiger partial charge >= 0.3 is 0 Å². The van der Waals surface area contributed by atoms with Crippen molar-refractivity contribution < 1.29 is 13.9 Å². The molecule has 1 aliphatic carbocycles. The average molecular weight is 393 g/mol. The van der Waals surface area contributed by atoms with E-state index in [0.29, 0.717) is 17.3 Å². The van der Waals surface area contributed by atoms with E-state index in [2.05, 4.69) is 15.3 Å². The average Bonchev–Trinajstić information content (AvgIpc) is 3.28. The van der Waals surface area contributed by atoms with Crippen molar-refractivity contribution in [2.24, 2.45) is 0 Å². The third kappa shape index (κ3) is 4.74. The zero-order chi connectivity index (χ0) is 20.1. The molecule has 1 fully saturated rings. The van der Waals surface area contributed by atoms with Gasteiger partial charge in [-0.1, -0.05) is 6.42 Å². The number of hydrogen-bond donors (Lipinski definition) is 2. The van der Waals surface area contributed by atoms with E-state index in [0.717, 1.165) is 18.4 Å². The number of pyridine rings is 2. The fourth-order valence-electron chi connectivity index (χ4n) is 3.48. The number of aromatic amines is 1. The standard InChI is InChI=1S/C22H23N3O4/c26-21(17-8-9-18(25-22(17)27)19-7-4-12-28-19)24-14-15-10-11-23-20(13-15)29-16-5-2-1-3-6-16/h4,7-13,16H,1-3,5-6,14H2,(H,24,26)(H,25,27). The summed E-state index contributed by atoms with van der Waals surface area (Å²) < 4.78 is 11.2. The van der Waals surface area contributed by atoms with Crippen LogP contribution in [0.5, 0.6) is 5.88 Å². The van der Waals surface area contributed by atoms with Gasteiger partial charge in [-0.05, 0) is 61.6 Å². The van der Waals surface area contributed by atoms with Gasteiger partial charge in [-0.15, -0.1) is 0 Å². The Morgan fingerprint density at radius 3 is 2.83 bits per heavy atom. The maximum atomic E-state index is 12.4. The number of rotatable bonds is 6. The van der Waals surface area contributed by atoms with Crippen LogP contribution in [-0.4, -0.2) is 22.0 Å². The first-order valence-electron chi connectivity index (χ1n) is 9.86. The molecular formula is C22H23N3O4. The highest BCUT2D eigenvalue weighted by Crippen LogP contribution is 2.22. The minimum absolute atomic E-state index is 0.0491. The van der Waals surface area contributed by atoms with E-state index in [1.807, 2.05) is 12.1 Å². The first kappa shape index (κ1) is 19.0. The maximum absolute atomic E-state index is 12.4. The van der Waals surface area contributed by atoms with Gasteiger partial charge in [0.05, 0.1) is 12.0 Å². The molecule has 150 valence electrons. The van der Waals surface area contributed by atoms with E-state index in [1.54, 1.807) is 24.4 Å². The van der Waals surface area contributed by atoms with E-state index >= 15 is 0 Å². The molecule has 29 heavy (non-hydrogen) atoms. The van der Waals surface area contributed by atoms with E-state index in [-0.39, 0.29) is 18.2 Å². The Bertz CT molecular complexity index is 1020. The lowest BCUT2D eigenvalue weighted by Crippen LogP contribution is -2.29. The summed E-state index contributed by atoms with van der Waals surface area (Å²) in [5.41, 5.74) is 0.971. The molecule has 0 bridgehead atoms. The van der Waals surface area contributed by atoms with E-state index in [9.17, 15) is 9.59 Å². The van der Waals surface area contributed by atoms with E-state index in [1.165, 1.54) is 31.6 Å². The molecule has 2 N–H and O–H groups in total. The summed E-state index contributed by atoms with van der Waals surface area (Å²) in [6, 6.07) is 10.3. The molecule has 0 saturated heterocycles. The molecule has 4 rings (SSSR count). The summed E-state index contributed by atoms with van der Waals surface area (Å²) in [5, 5.41) is 2.78. The molecule has 3 aromatic heterocycles. The van der Waals surface area contributed by atoms with Crippen molar-refractivity contribution >= 4 is 5.91 Å². The monoisotopic (exact) mass is 393 g/mol. The van der Waals surface area contributed by atoms with Gasteiger partial charge in [0.1, 0.15) is 17.4 Å². The third-order valence-electron chi connectivity index (χ3n) is 5.03. The van der Waals surface area contributed by atoms with Crippen molar-refractivity contribution in [2.75, 3.05) is 0 Å². The zero-order valence-corrected chi connectivity index (χ0v) is 16.0. The Morgan fingerprint density at radius 1 is 1.21 bits per heavy atom. The van der Waals surface area contributed by atoms with Gasteiger partial charge < -0.3 is 19.5 Å². The molecule has 1 aliphatic rings. The quantitative estimate of drug-likeness (QED) is 0.666. The van der Waals surface area contributed by atoms with Crippen LogP contribution in [0.4, 0.5) is 0 Å². The molecule has 0 aliphatic heterocycles. The van der Waals surface area contributed by atoms with Crippen molar-refractivity contribution in [1.82, 2.24) is 15.3 Å². The van der Waals surface area contributed by atoms with Crippen molar-refractivity contribution in [2.45, 2.75) is 44.8 Å². The van der Waals surface area contributed by atoms with Crippen LogP contribution in [-0.2, 0) is 6.54 Å². The Balaban J connectivity index is 1.38. The van der Waals surface area contributed by atoms with Gasteiger partial charge in [0, 0.05) is 18.8 Å². The Kier molecular flexibility index (Phi) is 5.74. The molecule has 0 spiro atoms. The predicted octanol–water partition coefficient (Wildman–Crippen LogP) is 3.67. The second kappa shape index (κ2) is 8.77. The van der Waals surface area contributed by atoms with Gasteiger partial charge in [-0.3, -0.25) is 9.59 Å². The summed E-state index contributed by atoms with van der Waals surface area (Å²) in [7, 11) is 0. The van der Waals surface area contributed by atoms with Gasteiger partial charge in [0.25, 0.3) is 11.5 Å². The normalized spacial score (nSPS) is 14.5. The van der Waals surface area contributed by atoms with Crippen LogP contribution in [0.3, 0.4) is 0 Å². The van der Waals surface area contributed by atoms with E-state index in [4.69, 9.17) is 9.15 Å². The Hall–Kier alpha value is -3.35. The molecule has 7 nitrogen and oxygen atoms in total. The van der Waals surface area contributed by atoms with Crippen molar-refractivity contribution in [3.05, 3.63) is 70.3 Å². The number of nitrogens with zero attached hydrogens (tertiary/aromatic N) is 1. The van der Waals surface area contributed by atoms with Crippen LogP contribution in [0.25, 0.3) is 11.5 Å². The minimum Gasteiger partial charge on any atom is -0.474 e. The topological polar surface area (TPSA) is 97.2 Å². The molecular weight excluding hydrogens is 370 g/mol. The fraction of sp³-hybridized carbons (Fsp3) is 0.318. The summed E-state index contributed by atoms with van der Waals surface area (Å²) in [4.78, 5) is 31.7. The predicted molar refractivity (Wildman–Crippen MR) is 108 cm³/mol. The first-order valence-corrected chi connectivity index (χ1v) is 9.86. The molecule has 0 atom stereocenters. The molecule has 1 saturated carbocycles. The van der Waals surface area contributed by atoms with Crippen molar-refractivity contribution in [3.63, 3.8) is 0 Å². The third-order valence-corrected chi connectivity index (χ3v) is 5.03. The number of H-pyrrole nitrogens is 1. The number of ether oxygens (including phenoxy) is 1.